The third-order valence-corrected chi connectivity index (χ3v) is 5.57. The standard InChI is InChI=1S/C26H21N3O5/c1-31-21-11-7-6-10-19(21)24-27-25(34-28-24)20-15-29(26(30)18-9-5-4-8-17(18)20)16-12-13-22(32-2)23(14-16)33-3/h4-15H,1-3H3. The van der Waals surface area contributed by atoms with Crippen LogP contribution in [0.4, 0.5) is 0 Å². The SMILES string of the molecule is COc1ccc(-n2cc(-c3nc(-c4ccccc4OC)no3)c3ccccc3c2=O)cc1OC. The van der Waals surface area contributed by atoms with Gasteiger partial charge in [0.05, 0.1) is 38.1 Å². The zero-order chi connectivity index (χ0) is 23.7. The third-order valence-electron chi connectivity index (χ3n) is 5.57. The molecule has 0 fully saturated rings. The van der Waals surface area contributed by atoms with Gasteiger partial charge in [0.15, 0.2) is 11.5 Å². The van der Waals surface area contributed by atoms with E-state index < -0.39 is 0 Å². The molecule has 170 valence electrons. The number of rotatable bonds is 6. The number of methoxy groups -OCH3 is 3. The van der Waals surface area contributed by atoms with Crippen LogP contribution in [0.15, 0.2) is 82.2 Å². The molecule has 0 radical (unpaired) electrons. The highest BCUT2D eigenvalue weighted by Gasteiger charge is 2.19. The Morgan fingerprint density at radius 2 is 1.47 bits per heavy atom. The first-order chi connectivity index (χ1) is 16.6. The van der Waals surface area contributed by atoms with Crippen LogP contribution in [0.25, 0.3) is 39.3 Å². The van der Waals surface area contributed by atoms with Crippen molar-refractivity contribution in [2.45, 2.75) is 0 Å². The fourth-order valence-electron chi connectivity index (χ4n) is 3.90. The van der Waals surface area contributed by atoms with Crippen LogP contribution in [0.2, 0.25) is 0 Å². The molecule has 5 rings (SSSR count). The highest BCUT2D eigenvalue weighted by Crippen LogP contribution is 2.33. The molecule has 5 aromatic rings. The minimum absolute atomic E-state index is 0.184. The number of ether oxygens (including phenoxy) is 3. The molecular formula is C26H21N3O5. The van der Waals surface area contributed by atoms with Crippen LogP contribution in [0.5, 0.6) is 17.2 Å². The van der Waals surface area contributed by atoms with E-state index in [9.17, 15) is 4.79 Å². The average molecular weight is 455 g/mol. The van der Waals surface area contributed by atoms with Gasteiger partial charge in [-0.25, -0.2) is 0 Å². The predicted octanol–water partition coefficient (Wildman–Crippen LogP) is 4.73. The van der Waals surface area contributed by atoms with E-state index in [-0.39, 0.29) is 11.4 Å². The fraction of sp³-hybridized carbons (Fsp3) is 0.115. The molecule has 2 aromatic heterocycles. The first-order valence-corrected chi connectivity index (χ1v) is 10.5. The molecule has 0 saturated carbocycles. The van der Waals surface area contributed by atoms with Crippen LogP contribution < -0.4 is 19.8 Å². The average Bonchev–Trinajstić information content (AvgIpc) is 3.38. The van der Waals surface area contributed by atoms with Crippen LogP contribution >= 0.6 is 0 Å². The van der Waals surface area contributed by atoms with Crippen LogP contribution in [0.3, 0.4) is 0 Å². The van der Waals surface area contributed by atoms with Crippen molar-refractivity contribution < 1.29 is 18.7 Å². The van der Waals surface area contributed by atoms with E-state index in [1.54, 1.807) is 51.8 Å². The van der Waals surface area contributed by atoms with Gasteiger partial charge in [-0.3, -0.25) is 9.36 Å². The number of aromatic nitrogens is 3. The maximum Gasteiger partial charge on any atom is 0.262 e. The van der Waals surface area contributed by atoms with E-state index in [1.165, 1.54) is 4.57 Å². The maximum absolute atomic E-state index is 13.4. The van der Waals surface area contributed by atoms with Crippen LogP contribution in [0, 0.1) is 0 Å². The van der Waals surface area contributed by atoms with Crippen molar-refractivity contribution in [2.24, 2.45) is 0 Å². The largest absolute Gasteiger partial charge is 0.496 e. The Labute approximate surface area is 194 Å². The van der Waals surface area contributed by atoms with E-state index in [2.05, 4.69) is 10.1 Å². The molecule has 8 nitrogen and oxygen atoms in total. The second-order valence-electron chi connectivity index (χ2n) is 7.43. The third kappa shape index (κ3) is 3.55. The molecule has 0 amide bonds. The maximum atomic E-state index is 13.4. The summed E-state index contributed by atoms with van der Waals surface area (Å²) in [5, 5.41) is 5.39. The number of nitrogens with zero attached hydrogens (tertiary/aromatic N) is 3. The molecule has 2 heterocycles. The smallest absolute Gasteiger partial charge is 0.262 e. The molecule has 0 spiro atoms. The van der Waals surface area contributed by atoms with E-state index in [1.807, 2.05) is 42.5 Å². The lowest BCUT2D eigenvalue weighted by Gasteiger charge is -2.13. The zero-order valence-electron chi connectivity index (χ0n) is 18.8. The molecule has 0 saturated heterocycles. The minimum atomic E-state index is -0.184. The number of hydrogen-bond donors (Lipinski definition) is 0. The molecular weight excluding hydrogens is 434 g/mol. The lowest BCUT2D eigenvalue weighted by Crippen LogP contribution is -2.18. The summed E-state index contributed by atoms with van der Waals surface area (Å²) in [7, 11) is 4.70. The predicted molar refractivity (Wildman–Crippen MR) is 128 cm³/mol. The van der Waals surface area contributed by atoms with Gasteiger partial charge < -0.3 is 18.7 Å². The summed E-state index contributed by atoms with van der Waals surface area (Å²) < 4.78 is 23.4. The summed E-state index contributed by atoms with van der Waals surface area (Å²) in [6, 6.07) is 20.0. The Balaban J connectivity index is 1.71. The fourth-order valence-corrected chi connectivity index (χ4v) is 3.90. The van der Waals surface area contributed by atoms with Crippen molar-refractivity contribution in [3.63, 3.8) is 0 Å². The highest BCUT2D eigenvalue weighted by molar-refractivity contribution is 5.94. The van der Waals surface area contributed by atoms with Crippen molar-refractivity contribution in [1.82, 2.24) is 14.7 Å². The van der Waals surface area contributed by atoms with Gasteiger partial charge in [-0.05, 0) is 30.3 Å². The second-order valence-corrected chi connectivity index (χ2v) is 7.43. The molecule has 34 heavy (non-hydrogen) atoms. The molecule has 3 aromatic carbocycles. The Kier molecular flexibility index (Phi) is 5.47. The molecule has 0 aliphatic heterocycles. The van der Waals surface area contributed by atoms with Crippen molar-refractivity contribution in [2.75, 3.05) is 21.3 Å². The van der Waals surface area contributed by atoms with Gasteiger partial charge in [0.2, 0.25) is 5.82 Å². The van der Waals surface area contributed by atoms with Gasteiger partial charge in [-0.1, -0.05) is 35.5 Å². The Bertz CT molecular complexity index is 1550. The molecule has 8 heteroatoms. The monoisotopic (exact) mass is 455 g/mol. The van der Waals surface area contributed by atoms with E-state index in [0.29, 0.717) is 50.7 Å². The summed E-state index contributed by atoms with van der Waals surface area (Å²) in [5.41, 5.74) is 1.76. The zero-order valence-corrected chi connectivity index (χ0v) is 18.8. The summed E-state index contributed by atoms with van der Waals surface area (Å²) in [5.74, 6) is 2.39. The van der Waals surface area contributed by atoms with Gasteiger partial charge >= 0.3 is 0 Å². The number of hydrogen-bond acceptors (Lipinski definition) is 7. The number of benzene rings is 3. The van der Waals surface area contributed by atoms with Crippen LogP contribution in [0.1, 0.15) is 0 Å². The lowest BCUT2D eigenvalue weighted by atomic mass is 10.1. The van der Waals surface area contributed by atoms with E-state index in [0.717, 1.165) is 0 Å². The van der Waals surface area contributed by atoms with Crippen molar-refractivity contribution in [3.05, 3.63) is 83.3 Å². The van der Waals surface area contributed by atoms with Gasteiger partial charge in [0.1, 0.15) is 5.75 Å². The Hall–Kier alpha value is -4.59. The number of fused-ring (bicyclic) bond motifs is 1. The van der Waals surface area contributed by atoms with E-state index in [4.69, 9.17) is 18.7 Å². The van der Waals surface area contributed by atoms with Crippen molar-refractivity contribution >= 4 is 10.8 Å². The molecule has 0 N–H and O–H groups in total. The number of pyridine rings is 1. The van der Waals surface area contributed by atoms with Gasteiger partial charge in [-0.2, -0.15) is 4.98 Å². The van der Waals surface area contributed by atoms with Crippen LogP contribution in [-0.2, 0) is 0 Å². The lowest BCUT2D eigenvalue weighted by molar-refractivity contribution is 0.355. The number of para-hydroxylation sites is 1. The summed E-state index contributed by atoms with van der Waals surface area (Å²) in [4.78, 5) is 18.0. The van der Waals surface area contributed by atoms with Gasteiger partial charge in [0.25, 0.3) is 11.4 Å². The molecule has 0 bridgehead atoms. The van der Waals surface area contributed by atoms with Crippen molar-refractivity contribution in [3.8, 4) is 45.8 Å². The van der Waals surface area contributed by atoms with Crippen molar-refractivity contribution in [1.29, 1.82) is 0 Å². The van der Waals surface area contributed by atoms with Crippen LogP contribution in [-0.4, -0.2) is 36.0 Å². The van der Waals surface area contributed by atoms with Gasteiger partial charge in [-0.15, -0.1) is 0 Å². The summed E-state index contributed by atoms with van der Waals surface area (Å²) in [6.45, 7) is 0. The summed E-state index contributed by atoms with van der Waals surface area (Å²) in [6.07, 6.45) is 1.70. The quantitative estimate of drug-likeness (QED) is 0.366. The Morgan fingerprint density at radius 3 is 2.24 bits per heavy atom. The van der Waals surface area contributed by atoms with E-state index >= 15 is 0 Å². The second kappa shape index (κ2) is 8.74. The minimum Gasteiger partial charge on any atom is -0.496 e. The summed E-state index contributed by atoms with van der Waals surface area (Å²) >= 11 is 0. The highest BCUT2D eigenvalue weighted by atomic mass is 16.5. The molecule has 0 unspecified atom stereocenters. The molecule has 0 atom stereocenters. The van der Waals surface area contributed by atoms with Gasteiger partial charge in [0, 0.05) is 23.0 Å². The first kappa shape index (κ1) is 21.3. The Morgan fingerprint density at radius 1 is 0.765 bits per heavy atom. The normalized spacial score (nSPS) is 10.9. The topological polar surface area (TPSA) is 88.6 Å². The first-order valence-electron chi connectivity index (χ1n) is 10.5. The molecule has 0 aliphatic rings. The molecule has 0 aliphatic carbocycles.